The van der Waals surface area contributed by atoms with Gasteiger partial charge >= 0.3 is 0 Å². The van der Waals surface area contributed by atoms with Crippen LogP contribution in [0, 0.1) is 0 Å². The van der Waals surface area contributed by atoms with Crippen LogP contribution in [0.1, 0.15) is 10.6 Å². The van der Waals surface area contributed by atoms with E-state index in [4.69, 9.17) is 23.2 Å². The largest absolute Gasteiger partial charge is 0.324 e. The van der Waals surface area contributed by atoms with Crippen molar-refractivity contribution in [3.63, 3.8) is 0 Å². The number of amides is 2. The minimum absolute atomic E-state index is 0.0696. The molecule has 0 unspecified atom stereocenters. The van der Waals surface area contributed by atoms with Gasteiger partial charge in [0.1, 0.15) is 0 Å². The van der Waals surface area contributed by atoms with Crippen LogP contribution in [0.2, 0.25) is 10.0 Å². The van der Waals surface area contributed by atoms with Gasteiger partial charge in [-0.05, 0) is 23.6 Å². The van der Waals surface area contributed by atoms with E-state index in [1.807, 2.05) is 17.5 Å². The number of hydrogen-bond acceptors (Lipinski definition) is 5. The molecule has 2 heterocycles. The minimum Gasteiger partial charge on any atom is -0.324 e. The van der Waals surface area contributed by atoms with Crippen molar-refractivity contribution in [3.05, 3.63) is 61.7 Å². The molecule has 26 heavy (non-hydrogen) atoms. The zero-order chi connectivity index (χ0) is 18.5. The van der Waals surface area contributed by atoms with Crippen LogP contribution in [0.15, 0.2) is 41.1 Å². The van der Waals surface area contributed by atoms with E-state index >= 15 is 0 Å². The second-order valence-corrected chi connectivity index (χ2v) is 7.95. The number of thiophene rings is 1. The molecule has 0 saturated heterocycles. The number of thiazole rings is 1. The molecule has 5 nitrogen and oxygen atoms in total. The summed E-state index contributed by atoms with van der Waals surface area (Å²) in [4.78, 5) is 29.4. The van der Waals surface area contributed by atoms with Crippen LogP contribution in [0.5, 0.6) is 0 Å². The zero-order valence-corrected chi connectivity index (χ0v) is 16.4. The van der Waals surface area contributed by atoms with Gasteiger partial charge in [0.25, 0.3) is 0 Å². The smallest absolute Gasteiger partial charge is 0.231 e. The second-order valence-electron chi connectivity index (χ2n) is 5.27. The third-order valence-electron chi connectivity index (χ3n) is 3.28. The van der Waals surface area contributed by atoms with Crippen LogP contribution in [0.4, 0.5) is 10.8 Å². The summed E-state index contributed by atoms with van der Waals surface area (Å²) in [5.41, 5.74) is 1.01. The summed E-state index contributed by atoms with van der Waals surface area (Å²) in [5, 5.41) is 10.2. The van der Waals surface area contributed by atoms with E-state index in [1.165, 1.54) is 22.7 Å². The number of hydrogen-bond donors (Lipinski definition) is 2. The first-order valence-corrected chi connectivity index (χ1v) is 10.0. The van der Waals surface area contributed by atoms with Crippen molar-refractivity contribution in [1.29, 1.82) is 0 Å². The fourth-order valence-electron chi connectivity index (χ4n) is 2.14. The van der Waals surface area contributed by atoms with Crippen molar-refractivity contribution in [2.24, 2.45) is 0 Å². The maximum Gasteiger partial charge on any atom is 0.231 e. The van der Waals surface area contributed by atoms with Gasteiger partial charge in [-0.1, -0.05) is 35.3 Å². The first kappa shape index (κ1) is 18.8. The molecule has 0 fully saturated rings. The SMILES string of the molecule is O=C(Cc1cccs1)Nc1nc(CC(=O)Nc2cccc(Cl)c2Cl)cs1. The summed E-state index contributed by atoms with van der Waals surface area (Å²) in [7, 11) is 0. The van der Waals surface area contributed by atoms with E-state index in [0.29, 0.717) is 33.0 Å². The highest BCUT2D eigenvalue weighted by molar-refractivity contribution is 7.14. The van der Waals surface area contributed by atoms with Crippen LogP contribution < -0.4 is 10.6 Å². The molecule has 3 aromatic rings. The number of carbonyl (C=O) groups is 2. The number of rotatable bonds is 6. The molecule has 0 saturated carbocycles. The summed E-state index contributed by atoms with van der Waals surface area (Å²) >= 11 is 14.8. The highest BCUT2D eigenvalue weighted by Crippen LogP contribution is 2.29. The lowest BCUT2D eigenvalue weighted by Crippen LogP contribution is -2.16. The molecular weight excluding hydrogens is 413 g/mol. The average Bonchev–Trinajstić information content (AvgIpc) is 3.24. The van der Waals surface area contributed by atoms with Gasteiger partial charge in [0, 0.05) is 10.3 Å². The summed E-state index contributed by atoms with van der Waals surface area (Å²) in [6.45, 7) is 0. The third kappa shape index (κ3) is 5.04. The summed E-state index contributed by atoms with van der Waals surface area (Å²) < 4.78 is 0. The monoisotopic (exact) mass is 425 g/mol. The van der Waals surface area contributed by atoms with Crippen molar-refractivity contribution in [2.45, 2.75) is 12.8 Å². The van der Waals surface area contributed by atoms with E-state index in [-0.39, 0.29) is 18.2 Å². The quantitative estimate of drug-likeness (QED) is 0.591. The Kier molecular flexibility index (Phi) is 6.26. The fourth-order valence-corrected chi connectivity index (χ4v) is 3.92. The van der Waals surface area contributed by atoms with Crippen molar-refractivity contribution >= 4 is 68.5 Å². The number of halogens is 2. The Balaban J connectivity index is 1.55. The predicted octanol–water partition coefficient (Wildman–Crippen LogP) is 4.87. The van der Waals surface area contributed by atoms with Crippen LogP contribution >= 0.6 is 45.9 Å². The molecular formula is C17H13Cl2N3O2S2. The van der Waals surface area contributed by atoms with Gasteiger partial charge in [-0.3, -0.25) is 9.59 Å². The van der Waals surface area contributed by atoms with E-state index in [0.717, 1.165) is 4.88 Å². The van der Waals surface area contributed by atoms with Gasteiger partial charge in [-0.2, -0.15) is 0 Å². The molecule has 9 heteroatoms. The Bertz CT molecular complexity index is 926. The molecule has 0 bridgehead atoms. The Hall–Kier alpha value is -1.93. The standard InChI is InChI=1S/C17H13Cl2N3O2S2/c18-12-4-1-5-13(16(12)19)21-14(23)7-10-9-26-17(20-10)22-15(24)8-11-3-2-6-25-11/h1-6,9H,7-8H2,(H,21,23)(H,20,22,24). The highest BCUT2D eigenvalue weighted by atomic mass is 35.5. The molecule has 0 aliphatic heterocycles. The number of aromatic nitrogens is 1. The zero-order valence-electron chi connectivity index (χ0n) is 13.3. The molecule has 2 aromatic heterocycles. The molecule has 0 aliphatic carbocycles. The predicted molar refractivity (Wildman–Crippen MR) is 108 cm³/mol. The molecule has 0 spiro atoms. The number of nitrogens with one attached hydrogen (secondary N) is 2. The Morgan fingerprint density at radius 3 is 2.58 bits per heavy atom. The molecule has 3 rings (SSSR count). The van der Waals surface area contributed by atoms with Crippen molar-refractivity contribution in [2.75, 3.05) is 10.6 Å². The Morgan fingerprint density at radius 1 is 1.00 bits per heavy atom. The molecule has 134 valence electrons. The molecule has 2 amide bonds. The Morgan fingerprint density at radius 2 is 1.81 bits per heavy atom. The second kappa shape index (κ2) is 8.64. The van der Waals surface area contributed by atoms with Gasteiger partial charge in [0.05, 0.1) is 34.3 Å². The number of anilines is 2. The van der Waals surface area contributed by atoms with Gasteiger partial charge in [-0.15, -0.1) is 22.7 Å². The first-order valence-electron chi connectivity index (χ1n) is 7.52. The maximum absolute atomic E-state index is 12.2. The number of nitrogens with zero attached hydrogens (tertiary/aromatic N) is 1. The number of benzene rings is 1. The average molecular weight is 426 g/mol. The van der Waals surface area contributed by atoms with Crippen LogP contribution in [0.3, 0.4) is 0 Å². The lowest BCUT2D eigenvalue weighted by atomic mass is 10.3. The molecule has 0 aliphatic rings. The van der Waals surface area contributed by atoms with Crippen LogP contribution in [-0.4, -0.2) is 16.8 Å². The molecule has 1 aromatic carbocycles. The van der Waals surface area contributed by atoms with Crippen molar-refractivity contribution in [3.8, 4) is 0 Å². The van der Waals surface area contributed by atoms with E-state index < -0.39 is 0 Å². The van der Waals surface area contributed by atoms with E-state index in [2.05, 4.69) is 15.6 Å². The van der Waals surface area contributed by atoms with Crippen LogP contribution in [-0.2, 0) is 22.4 Å². The minimum atomic E-state index is -0.268. The maximum atomic E-state index is 12.2. The lowest BCUT2D eigenvalue weighted by molar-refractivity contribution is -0.116. The molecule has 0 radical (unpaired) electrons. The normalized spacial score (nSPS) is 10.5. The summed E-state index contributed by atoms with van der Waals surface area (Å²) in [6.07, 6.45) is 0.375. The third-order valence-corrected chi connectivity index (χ3v) is 5.78. The van der Waals surface area contributed by atoms with Crippen molar-refractivity contribution in [1.82, 2.24) is 4.98 Å². The summed E-state index contributed by atoms with van der Waals surface area (Å²) in [5.74, 6) is -0.403. The van der Waals surface area contributed by atoms with E-state index in [9.17, 15) is 9.59 Å². The fraction of sp³-hybridized carbons (Fsp3) is 0.118. The van der Waals surface area contributed by atoms with Gasteiger partial charge in [0.2, 0.25) is 11.8 Å². The van der Waals surface area contributed by atoms with Crippen LogP contribution in [0.25, 0.3) is 0 Å². The van der Waals surface area contributed by atoms with Gasteiger partial charge in [0.15, 0.2) is 5.13 Å². The number of carbonyl (C=O) groups excluding carboxylic acids is 2. The van der Waals surface area contributed by atoms with Gasteiger partial charge in [-0.25, -0.2) is 4.98 Å². The van der Waals surface area contributed by atoms with Crippen molar-refractivity contribution < 1.29 is 9.59 Å². The summed E-state index contributed by atoms with van der Waals surface area (Å²) in [6, 6.07) is 8.82. The first-order chi connectivity index (χ1) is 12.5. The lowest BCUT2D eigenvalue weighted by Gasteiger charge is -2.07. The van der Waals surface area contributed by atoms with E-state index in [1.54, 1.807) is 23.6 Å². The highest BCUT2D eigenvalue weighted by Gasteiger charge is 2.12. The Labute approximate surface area is 168 Å². The molecule has 0 atom stereocenters. The topological polar surface area (TPSA) is 71.1 Å². The van der Waals surface area contributed by atoms with Gasteiger partial charge < -0.3 is 10.6 Å². The molecule has 2 N–H and O–H groups in total.